The fourth-order valence-electron chi connectivity index (χ4n) is 6.73. The van der Waals surface area contributed by atoms with Crippen molar-refractivity contribution in [3.63, 3.8) is 0 Å². The summed E-state index contributed by atoms with van der Waals surface area (Å²) in [7, 11) is 0. The lowest BCUT2D eigenvalue weighted by molar-refractivity contribution is -0.137. The Hall–Kier alpha value is -3.57. The molecule has 3 aliphatic rings. The highest BCUT2D eigenvalue weighted by Gasteiger charge is 2.38. The van der Waals surface area contributed by atoms with Crippen molar-refractivity contribution in [3.05, 3.63) is 65.2 Å². The summed E-state index contributed by atoms with van der Waals surface area (Å²) >= 11 is 4.67. The zero-order valence-electron chi connectivity index (χ0n) is 28.7. The molecule has 0 spiro atoms. The van der Waals surface area contributed by atoms with Crippen molar-refractivity contribution >= 4 is 36.3 Å². The Labute approximate surface area is 295 Å². The Morgan fingerprint density at radius 1 is 1.00 bits per heavy atom. The van der Waals surface area contributed by atoms with Crippen LogP contribution in [0.1, 0.15) is 74.5 Å². The van der Waals surface area contributed by atoms with Crippen molar-refractivity contribution in [1.29, 1.82) is 0 Å². The molecule has 2 fully saturated rings. The van der Waals surface area contributed by atoms with Gasteiger partial charge in [-0.1, -0.05) is 55.7 Å². The molecule has 4 amide bonds. The van der Waals surface area contributed by atoms with Gasteiger partial charge in [-0.25, -0.2) is 0 Å². The average molecular weight is 693 g/mol. The number of hydrogen-bond acceptors (Lipinski definition) is 7. The number of carbonyl (C=O) groups is 4. The Kier molecular flexibility index (Phi) is 13.8. The van der Waals surface area contributed by atoms with Crippen molar-refractivity contribution < 1.29 is 28.7 Å². The van der Waals surface area contributed by atoms with Crippen LogP contribution in [0.15, 0.2) is 48.5 Å². The van der Waals surface area contributed by atoms with Gasteiger partial charge in [-0.2, -0.15) is 12.6 Å². The van der Waals surface area contributed by atoms with Gasteiger partial charge < -0.3 is 30.3 Å². The number of amides is 4. The van der Waals surface area contributed by atoms with E-state index in [0.717, 1.165) is 48.1 Å². The summed E-state index contributed by atoms with van der Waals surface area (Å²) in [4.78, 5) is 56.6. The number of carbonyl (C=O) groups excluding carboxylic acids is 4. The van der Waals surface area contributed by atoms with Gasteiger partial charge in [-0.05, 0) is 86.1 Å². The van der Waals surface area contributed by atoms with Crippen molar-refractivity contribution in [1.82, 2.24) is 20.9 Å². The predicted molar refractivity (Wildman–Crippen MR) is 191 cm³/mol. The molecule has 1 saturated heterocycles. The minimum absolute atomic E-state index is 0.0469. The Morgan fingerprint density at radius 2 is 1.82 bits per heavy atom. The van der Waals surface area contributed by atoms with Crippen LogP contribution in [0.3, 0.4) is 0 Å². The van der Waals surface area contributed by atoms with E-state index in [-0.39, 0.29) is 37.3 Å². The van der Waals surface area contributed by atoms with Crippen LogP contribution >= 0.6 is 12.6 Å². The summed E-state index contributed by atoms with van der Waals surface area (Å²) in [6.45, 7) is 4.63. The zero-order chi connectivity index (χ0) is 34.6. The first-order chi connectivity index (χ1) is 23.8. The number of ether oxygens (including phenoxy) is 2. The average Bonchev–Trinajstić information content (AvgIpc) is 3.09. The fourth-order valence-corrected chi connectivity index (χ4v) is 7.10. The number of nitrogens with zero attached hydrogens (tertiary/aromatic N) is 1. The number of piperidine rings is 1. The fraction of sp³-hybridized carbons (Fsp3) is 0.579. The number of aryl methyl sites for hydroxylation is 2. The summed E-state index contributed by atoms with van der Waals surface area (Å²) in [5.74, 6) is -0.0326. The summed E-state index contributed by atoms with van der Waals surface area (Å²) in [6.07, 6.45) is 8.20. The molecule has 0 aromatic heterocycles. The van der Waals surface area contributed by atoms with Gasteiger partial charge in [0.1, 0.15) is 23.1 Å². The third-order valence-electron chi connectivity index (χ3n) is 10.1. The number of fused-ring (bicyclic) bond motifs is 4. The second-order valence-corrected chi connectivity index (χ2v) is 14.3. The minimum atomic E-state index is -1.29. The van der Waals surface area contributed by atoms with E-state index in [9.17, 15) is 19.2 Å². The SMILES string of the molecule is Cc1ccc2cc1CNC(=O)[C@H](CCc1ccccc1)NC(=O)[C@@H](NC(=O)CCOCCC1CCC1)C(S)C(=O)N1CCCC(CCO2)C1. The molecule has 2 aliphatic heterocycles. The molecule has 11 heteroatoms. The number of thiol groups is 1. The Morgan fingerprint density at radius 3 is 2.59 bits per heavy atom. The van der Waals surface area contributed by atoms with Gasteiger partial charge in [0.25, 0.3) is 0 Å². The highest BCUT2D eigenvalue weighted by Crippen LogP contribution is 2.29. The molecule has 49 heavy (non-hydrogen) atoms. The first-order valence-electron chi connectivity index (χ1n) is 17.9. The van der Waals surface area contributed by atoms with E-state index in [1.54, 1.807) is 4.90 Å². The van der Waals surface area contributed by atoms with Gasteiger partial charge in [0, 0.05) is 32.7 Å². The second-order valence-electron chi connectivity index (χ2n) is 13.8. The maximum absolute atomic E-state index is 14.1. The maximum atomic E-state index is 14.1. The lowest BCUT2D eigenvalue weighted by Crippen LogP contribution is -2.60. The van der Waals surface area contributed by atoms with Gasteiger partial charge in [0.2, 0.25) is 23.6 Å². The van der Waals surface area contributed by atoms with Gasteiger partial charge in [-0.15, -0.1) is 0 Å². The van der Waals surface area contributed by atoms with Gasteiger partial charge in [0.15, 0.2) is 0 Å². The van der Waals surface area contributed by atoms with Gasteiger partial charge >= 0.3 is 0 Å². The molecular formula is C38H52N4O6S. The van der Waals surface area contributed by atoms with Crippen LogP contribution in [-0.4, -0.2) is 78.8 Å². The predicted octanol–water partition coefficient (Wildman–Crippen LogP) is 4.13. The highest BCUT2D eigenvalue weighted by atomic mass is 32.1. The molecule has 2 unspecified atom stereocenters. The lowest BCUT2D eigenvalue weighted by Gasteiger charge is -2.36. The quantitative estimate of drug-likeness (QED) is 0.219. The molecule has 4 bridgehead atoms. The van der Waals surface area contributed by atoms with Crippen LogP contribution < -0.4 is 20.7 Å². The molecule has 2 aromatic carbocycles. The monoisotopic (exact) mass is 692 g/mol. The van der Waals surface area contributed by atoms with Gasteiger partial charge in [0.05, 0.1) is 13.2 Å². The summed E-state index contributed by atoms with van der Waals surface area (Å²) < 4.78 is 11.8. The molecule has 10 nitrogen and oxygen atoms in total. The van der Waals surface area contributed by atoms with Crippen LogP contribution in [0.4, 0.5) is 0 Å². The largest absolute Gasteiger partial charge is 0.494 e. The maximum Gasteiger partial charge on any atom is 0.244 e. The summed E-state index contributed by atoms with van der Waals surface area (Å²) in [5, 5.41) is 7.52. The molecule has 3 N–H and O–H groups in total. The molecular weight excluding hydrogens is 641 g/mol. The van der Waals surface area contributed by atoms with Crippen LogP contribution in [0.25, 0.3) is 0 Å². The van der Waals surface area contributed by atoms with Gasteiger partial charge in [-0.3, -0.25) is 19.2 Å². The van der Waals surface area contributed by atoms with Crippen LogP contribution in [0.2, 0.25) is 0 Å². The molecule has 5 rings (SSSR count). The van der Waals surface area contributed by atoms with Crippen LogP contribution in [0, 0.1) is 18.8 Å². The van der Waals surface area contributed by atoms with E-state index in [1.165, 1.54) is 19.3 Å². The first-order valence-corrected chi connectivity index (χ1v) is 18.5. The summed E-state index contributed by atoms with van der Waals surface area (Å²) in [5.41, 5.74) is 2.96. The number of nitrogens with one attached hydrogen (secondary N) is 3. The standard InChI is InChI=1S/C38H52N4O6S/c1-26-12-14-31-23-30(26)24-39-36(44)32(15-13-27-7-3-2-4-8-27)40-37(45)34(41-33(43)18-21-47-20-16-28-9-5-10-28)35(49)38(46)42-19-6-11-29(25-42)17-22-48-31/h2-4,7-8,12,14,23,28-29,32,34-35,49H,5-6,9-11,13,15-22,24-25H2,1H3,(H,39,44)(H,40,45)(H,41,43)/t29?,32-,34-,35?/m0/s1. The van der Waals surface area contributed by atoms with Crippen LogP contribution in [0.5, 0.6) is 5.75 Å². The number of hydrogen-bond donors (Lipinski definition) is 4. The second kappa shape index (κ2) is 18.4. The van der Waals surface area contributed by atoms with E-state index < -0.39 is 29.1 Å². The van der Waals surface area contributed by atoms with Crippen molar-refractivity contribution in [2.75, 3.05) is 32.9 Å². The van der Waals surface area contributed by atoms with Crippen molar-refractivity contribution in [2.45, 2.75) is 95.0 Å². The van der Waals surface area contributed by atoms with E-state index >= 15 is 0 Å². The molecule has 4 atom stereocenters. The molecule has 2 aromatic rings. The number of benzene rings is 2. The third kappa shape index (κ3) is 11.0. The Bertz CT molecular complexity index is 1420. The molecule has 0 radical (unpaired) electrons. The van der Waals surface area contributed by atoms with Crippen molar-refractivity contribution in [2.24, 2.45) is 11.8 Å². The van der Waals surface area contributed by atoms with E-state index in [4.69, 9.17) is 9.47 Å². The highest BCUT2D eigenvalue weighted by molar-refractivity contribution is 7.82. The van der Waals surface area contributed by atoms with E-state index in [2.05, 4.69) is 28.6 Å². The molecule has 2 heterocycles. The normalized spacial score (nSPS) is 24.0. The first kappa shape index (κ1) is 36.7. The molecule has 1 saturated carbocycles. The third-order valence-corrected chi connectivity index (χ3v) is 10.7. The lowest BCUT2D eigenvalue weighted by atomic mass is 9.83. The molecule has 1 aliphatic carbocycles. The molecule has 266 valence electrons. The Balaban J connectivity index is 1.34. The van der Waals surface area contributed by atoms with Crippen LogP contribution in [-0.2, 0) is 36.9 Å². The van der Waals surface area contributed by atoms with E-state index in [1.807, 2.05) is 55.5 Å². The smallest absolute Gasteiger partial charge is 0.244 e. The minimum Gasteiger partial charge on any atom is -0.494 e. The topological polar surface area (TPSA) is 126 Å². The summed E-state index contributed by atoms with van der Waals surface area (Å²) in [6, 6.07) is 13.4. The number of rotatable bonds is 10. The van der Waals surface area contributed by atoms with Crippen molar-refractivity contribution in [3.8, 4) is 5.75 Å². The van der Waals surface area contributed by atoms with E-state index in [0.29, 0.717) is 45.1 Å². The zero-order valence-corrected chi connectivity index (χ0v) is 29.6.